The molecular weight excluding hydrogens is 363 g/mol. The first-order valence-corrected chi connectivity index (χ1v) is 8.18. The van der Waals surface area contributed by atoms with E-state index < -0.39 is 43.0 Å². The zero-order valence-corrected chi connectivity index (χ0v) is 14.0. The normalized spacial score (nSPS) is 19.7. The average Bonchev–Trinajstić information content (AvgIpc) is 3.09. The number of likely N-dealkylation sites (tertiary alicyclic amines) is 1. The van der Waals surface area contributed by atoms with Crippen molar-refractivity contribution in [1.29, 1.82) is 0 Å². The van der Waals surface area contributed by atoms with Crippen molar-refractivity contribution < 1.29 is 32.6 Å². The molecule has 0 saturated carbocycles. The third-order valence-electron chi connectivity index (χ3n) is 4.43. The molecule has 0 bridgehead atoms. The summed E-state index contributed by atoms with van der Waals surface area (Å²) in [5.74, 6) is -5.38. The topological polar surface area (TPSA) is 66.8 Å². The zero-order chi connectivity index (χ0) is 19.6. The molecule has 1 aliphatic heterocycles. The fourth-order valence-electron chi connectivity index (χ4n) is 3.07. The number of carbonyl (C=O) groups is 2. The van der Waals surface area contributed by atoms with Gasteiger partial charge in [-0.25, -0.2) is 0 Å². The van der Waals surface area contributed by atoms with Gasteiger partial charge >= 0.3 is 12.1 Å². The predicted octanol–water partition coefficient (Wildman–Crippen LogP) is 3.81. The van der Waals surface area contributed by atoms with Crippen LogP contribution in [0.5, 0.6) is 11.5 Å². The van der Waals surface area contributed by atoms with Gasteiger partial charge in [0.25, 0.3) is 5.91 Å². The van der Waals surface area contributed by atoms with Crippen molar-refractivity contribution in [2.75, 3.05) is 13.1 Å². The molecule has 1 saturated heterocycles. The second-order valence-corrected chi connectivity index (χ2v) is 6.21. The molecule has 0 spiro atoms. The van der Waals surface area contributed by atoms with Crippen LogP contribution in [0, 0.1) is 11.8 Å². The van der Waals surface area contributed by atoms with Gasteiger partial charge in [-0.3, -0.25) is 9.59 Å². The van der Waals surface area contributed by atoms with E-state index in [4.69, 9.17) is 9.84 Å². The third-order valence-corrected chi connectivity index (χ3v) is 4.43. The number of hydrogen-bond acceptors (Lipinski definition) is 3. The van der Waals surface area contributed by atoms with Crippen molar-refractivity contribution in [2.24, 2.45) is 11.8 Å². The first-order valence-electron chi connectivity index (χ1n) is 8.18. The van der Waals surface area contributed by atoms with Crippen molar-refractivity contribution in [3.63, 3.8) is 0 Å². The summed E-state index contributed by atoms with van der Waals surface area (Å²) in [6.07, 6.45) is -4.70. The molecule has 8 heteroatoms. The number of carboxylic acid groups (broad SMARTS) is 1. The minimum atomic E-state index is -4.70. The summed E-state index contributed by atoms with van der Waals surface area (Å²) in [5, 5.41) is 9.10. The van der Waals surface area contributed by atoms with Crippen molar-refractivity contribution in [1.82, 2.24) is 4.90 Å². The van der Waals surface area contributed by atoms with Crippen LogP contribution in [0.2, 0.25) is 0 Å². The number of halogens is 3. The molecular formula is C19H16F3NO4. The smallest absolute Gasteiger partial charge is 0.394 e. The van der Waals surface area contributed by atoms with Crippen molar-refractivity contribution in [3.8, 4) is 11.5 Å². The number of carboxylic acids is 1. The highest BCUT2D eigenvalue weighted by Gasteiger charge is 2.53. The number of benzene rings is 2. The number of aliphatic carboxylic acids is 1. The van der Waals surface area contributed by atoms with Crippen LogP contribution < -0.4 is 4.74 Å². The van der Waals surface area contributed by atoms with Crippen molar-refractivity contribution >= 4 is 11.9 Å². The van der Waals surface area contributed by atoms with Gasteiger partial charge in [0.05, 0.1) is 17.4 Å². The molecule has 2 aromatic carbocycles. The van der Waals surface area contributed by atoms with E-state index in [1.54, 1.807) is 42.5 Å². The Kier molecular flexibility index (Phi) is 5.07. The lowest BCUT2D eigenvalue weighted by Crippen LogP contribution is -2.34. The minimum Gasteiger partial charge on any atom is -0.481 e. The first kappa shape index (κ1) is 18.8. The van der Waals surface area contributed by atoms with E-state index in [2.05, 4.69) is 0 Å². The Hall–Kier alpha value is -3.03. The highest BCUT2D eigenvalue weighted by atomic mass is 19.4. The third kappa shape index (κ3) is 4.05. The second-order valence-electron chi connectivity index (χ2n) is 6.21. The van der Waals surface area contributed by atoms with Crippen LogP contribution in [0.4, 0.5) is 13.2 Å². The second kappa shape index (κ2) is 7.30. The zero-order valence-electron chi connectivity index (χ0n) is 14.0. The Bertz CT molecular complexity index is 838. The number of nitrogens with zero attached hydrogens (tertiary/aromatic N) is 1. The molecule has 3 rings (SSSR count). The molecule has 0 radical (unpaired) electrons. The van der Waals surface area contributed by atoms with Crippen LogP contribution in [-0.2, 0) is 4.79 Å². The van der Waals surface area contributed by atoms with Gasteiger partial charge in [0.2, 0.25) is 0 Å². The maximum Gasteiger partial charge on any atom is 0.394 e. The first-order chi connectivity index (χ1) is 12.8. The molecule has 1 heterocycles. The fourth-order valence-corrected chi connectivity index (χ4v) is 3.07. The van der Waals surface area contributed by atoms with Gasteiger partial charge in [-0.05, 0) is 24.3 Å². The van der Waals surface area contributed by atoms with Crippen LogP contribution in [0.25, 0.3) is 0 Å². The summed E-state index contributed by atoms with van der Waals surface area (Å²) in [6.45, 7) is -1.20. The molecule has 1 aliphatic rings. The van der Waals surface area contributed by atoms with Gasteiger partial charge in [-0.2, -0.15) is 13.2 Å². The lowest BCUT2D eigenvalue weighted by atomic mass is 9.96. The lowest BCUT2D eigenvalue weighted by molar-refractivity contribution is -0.187. The van der Waals surface area contributed by atoms with Gasteiger partial charge in [0.1, 0.15) is 11.5 Å². The van der Waals surface area contributed by atoms with Crippen molar-refractivity contribution in [3.05, 3.63) is 60.2 Å². The molecule has 0 unspecified atom stereocenters. The monoisotopic (exact) mass is 379 g/mol. The van der Waals surface area contributed by atoms with Gasteiger partial charge in [-0.1, -0.05) is 30.3 Å². The number of carbonyl (C=O) groups excluding carboxylic acids is 1. The minimum absolute atomic E-state index is 0.0771. The standard InChI is InChI=1S/C19H16F3NO4/c20-19(21,22)15-11-23(10-14(15)18(25)26)17(24)13-8-4-5-9-16(13)27-12-6-2-1-3-7-12/h1-9,14-15H,10-11H2,(H,25,26)/t14-,15-/m1/s1. The maximum atomic E-state index is 13.2. The Morgan fingerprint density at radius 2 is 1.63 bits per heavy atom. The molecule has 0 aromatic heterocycles. The summed E-state index contributed by atoms with van der Waals surface area (Å²) in [7, 11) is 0. The Labute approximate surface area is 153 Å². The van der Waals surface area contributed by atoms with Crippen molar-refractivity contribution in [2.45, 2.75) is 6.18 Å². The van der Waals surface area contributed by atoms with E-state index in [0.29, 0.717) is 5.75 Å². The van der Waals surface area contributed by atoms with Crippen LogP contribution >= 0.6 is 0 Å². The maximum absolute atomic E-state index is 13.2. The number of rotatable bonds is 4. The Morgan fingerprint density at radius 3 is 2.22 bits per heavy atom. The number of alkyl halides is 3. The molecule has 5 nitrogen and oxygen atoms in total. The Morgan fingerprint density at radius 1 is 1.00 bits per heavy atom. The van der Waals surface area contributed by atoms with E-state index in [1.165, 1.54) is 12.1 Å². The largest absolute Gasteiger partial charge is 0.481 e. The number of amides is 1. The van der Waals surface area contributed by atoms with E-state index in [9.17, 15) is 22.8 Å². The molecule has 2 atom stereocenters. The molecule has 27 heavy (non-hydrogen) atoms. The predicted molar refractivity (Wildman–Crippen MR) is 89.5 cm³/mol. The summed E-state index contributed by atoms with van der Waals surface area (Å²) < 4.78 is 45.1. The number of hydrogen-bond donors (Lipinski definition) is 1. The summed E-state index contributed by atoms with van der Waals surface area (Å²) in [6, 6.07) is 14.8. The van der Waals surface area contributed by atoms with E-state index in [1.807, 2.05) is 0 Å². The molecule has 1 fully saturated rings. The van der Waals surface area contributed by atoms with Crippen LogP contribution in [0.1, 0.15) is 10.4 Å². The summed E-state index contributed by atoms with van der Waals surface area (Å²) in [5.41, 5.74) is 0.0771. The van der Waals surface area contributed by atoms with Crippen LogP contribution in [0.15, 0.2) is 54.6 Å². The summed E-state index contributed by atoms with van der Waals surface area (Å²) in [4.78, 5) is 24.9. The molecule has 0 aliphatic carbocycles. The van der Waals surface area contributed by atoms with Gasteiger partial charge in [-0.15, -0.1) is 0 Å². The fraction of sp³-hybridized carbons (Fsp3) is 0.263. The van der Waals surface area contributed by atoms with E-state index >= 15 is 0 Å². The highest BCUT2D eigenvalue weighted by molar-refractivity contribution is 5.97. The van der Waals surface area contributed by atoms with E-state index in [0.717, 1.165) is 4.90 Å². The van der Waals surface area contributed by atoms with Gasteiger partial charge in [0, 0.05) is 13.1 Å². The van der Waals surface area contributed by atoms with Crippen LogP contribution in [0.3, 0.4) is 0 Å². The van der Waals surface area contributed by atoms with Gasteiger partial charge < -0.3 is 14.7 Å². The quantitative estimate of drug-likeness (QED) is 0.877. The lowest BCUT2D eigenvalue weighted by Gasteiger charge is -2.19. The van der Waals surface area contributed by atoms with E-state index in [-0.39, 0.29) is 11.3 Å². The summed E-state index contributed by atoms with van der Waals surface area (Å²) >= 11 is 0. The highest BCUT2D eigenvalue weighted by Crippen LogP contribution is 2.39. The van der Waals surface area contributed by atoms with Gasteiger partial charge in [0.15, 0.2) is 0 Å². The SMILES string of the molecule is O=C(O)[C@@H]1CN(C(=O)c2ccccc2Oc2ccccc2)C[C@H]1C(F)(F)F. The molecule has 1 amide bonds. The number of ether oxygens (including phenoxy) is 1. The number of para-hydroxylation sites is 2. The molecule has 2 aromatic rings. The molecule has 142 valence electrons. The average molecular weight is 379 g/mol. The van der Waals surface area contributed by atoms with Crippen LogP contribution in [-0.4, -0.2) is 41.1 Å². The Balaban J connectivity index is 1.85. The molecule has 1 N–H and O–H groups in total.